The molecular weight excluding hydrogens is 548 g/mol. The Balaban J connectivity index is 1.30. The van der Waals surface area contributed by atoms with Crippen molar-refractivity contribution in [3.8, 4) is 0 Å². The van der Waals surface area contributed by atoms with Crippen LogP contribution in [0.5, 0.6) is 0 Å². The third-order valence-electron chi connectivity index (χ3n) is 9.54. The molecule has 3 aliphatic heterocycles. The molecule has 8 nitrogen and oxygen atoms in total. The van der Waals surface area contributed by atoms with E-state index in [1.807, 2.05) is 0 Å². The Bertz CT molecular complexity index is 965. The van der Waals surface area contributed by atoms with Gasteiger partial charge in [-0.3, -0.25) is 4.79 Å². The molecule has 0 spiro atoms. The van der Waals surface area contributed by atoms with E-state index in [9.17, 15) is 4.79 Å². The molecule has 4 fully saturated rings. The first-order chi connectivity index (χ1) is 21.1. The van der Waals surface area contributed by atoms with Crippen molar-refractivity contribution in [2.24, 2.45) is 11.8 Å². The Labute approximate surface area is 257 Å². The number of hydrogen-bond acceptors (Lipinski definition) is 7. The number of aliphatic carboxylic acids is 1. The highest BCUT2D eigenvalue weighted by atomic mass is 16.7. The van der Waals surface area contributed by atoms with Gasteiger partial charge in [0.15, 0.2) is 18.4 Å². The molecule has 0 bridgehead atoms. The molecular formula is C35H52O8. The highest BCUT2D eigenvalue weighted by molar-refractivity contribution is 5.66. The fourth-order valence-electron chi connectivity index (χ4n) is 7.22. The first kappa shape index (κ1) is 32.6. The number of carboxylic acids is 1. The van der Waals surface area contributed by atoms with Crippen molar-refractivity contribution in [1.29, 1.82) is 0 Å². The van der Waals surface area contributed by atoms with Gasteiger partial charge < -0.3 is 33.5 Å². The van der Waals surface area contributed by atoms with Crippen molar-refractivity contribution in [1.82, 2.24) is 0 Å². The molecule has 0 amide bonds. The fourth-order valence-corrected chi connectivity index (χ4v) is 7.22. The fraction of sp³-hybridized carbons (Fsp3) is 0.743. The number of carbonyl (C=O) groups is 1. The highest BCUT2D eigenvalue weighted by Crippen LogP contribution is 2.45. The van der Waals surface area contributed by atoms with Gasteiger partial charge in [0.25, 0.3) is 0 Å². The summed E-state index contributed by atoms with van der Waals surface area (Å²) in [5.74, 6) is -0.816. The summed E-state index contributed by atoms with van der Waals surface area (Å²) in [6, 6.07) is 10.6. The van der Waals surface area contributed by atoms with Crippen LogP contribution in [0.4, 0.5) is 0 Å². The molecule has 0 aromatic heterocycles. The minimum Gasteiger partial charge on any atom is -0.481 e. The van der Waals surface area contributed by atoms with Gasteiger partial charge in [-0.25, -0.2) is 0 Å². The third-order valence-corrected chi connectivity index (χ3v) is 9.54. The second kappa shape index (κ2) is 17.0. The molecule has 43 heavy (non-hydrogen) atoms. The minimum absolute atomic E-state index is 0.0228. The maximum Gasteiger partial charge on any atom is 0.303 e. The van der Waals surface area contributed by atoms with Crippen molar-refractivity contribution in [3.05, 3.63) is 48.0 Å². The molecule has 1 saturated carbocycles. The number of hydrogen-bond donors (Lipinski definition) is 1. The van der Waals surface area contributed by atoms with Gasteiger partial charge in [0, 0.05) is 38.9 Å². The van der Waals surface area contributed by atoms with E-state index in [1.54, 1.807) is 0 Å². The van der Waals surface area contributed by atoms with Gasteiger partial charge in [-0.05, 0) is 88.0 Å². The van der Waals surface area contributed by atoms with Gasteiger partial charge >= 0.3 is 5.97 Å². The number of allylic oxidation sites excluding steroid dienone is 2. The molecule has 5 rings (SSSR count). The lowest BCUT2D eigenvalue weighted by Gasteiger charge is -2.34. The highest BCUT2D eigenvalue weighted by Gasteiger charge is 2.47. The largest absolute Gasteiger partial charge is 0.481 e. The standard InChI is InChI=1S/C35H52O8/c36-32(37)15-7-2-1-6-14-28-29(19-21-35(40-24-25-41-35)20-18-27-12-4-3-5-13-27)31(43-34-17-9-11-23-39-34)26-30(28)42-33-16-8-10-22-38-33/h1,3-6,12-13,28-31,33-34H,2,7-11,14-26H2,(H,36,37)/b6-1-/t28-,29-,30+,31+,33?,34?/m1/s1. The first-order valence-electron chi connectivity index (χ1n) is 16.8. The molecule has 1 N–H and O–H groups in total. The van der Waals surface area contributed by atoms with Crippen LogP contribution in [0.15, 0.2) is 42.5 Å². The van der Waals surface area contributed by atoms with Gasteiger partial charge in [0.1, 0.15) is 0 Å². The van der Waals surface area contributed by atoms with Crippen LogP contribution in [-0.2, 0) is 39.6 Å². The van der Waals surface area contributed by atoms with Crippen molar-refractivity contribution < 1.29 is 38.3 Å². The normalized spacial score (nSPS) is 31.1. The molecule has 1 aliphatic carbocycles. The van der Waals surface area contributed by atoms with Crippen molar-refractivity contribution in [3.63, 3.8) is 0 Å². The van der Waals surface area contributed by atoms with E-state index in [-0.39, 0.29) is 43.0 Å². The van der Waals surface area contributed by atoms with E-state index in [2.05, 4.69) is 42.5 Å². The molecule has 240 valence electrons. The average molecular weight is 601 g/mol. The molecule has 1 aromatic rings. The summed E-state index contributed by atoms with van der Waals surface area (Å²) < 4.78 is 38.2. The van der Waals surface area contributed by atoms with Gasteiger partial charge in [0.05, 0.1) is 25.4 Å². The van der Waals surface area contributed by atoms with Crippen LogP contribution >= 0.6 is 0 Å². The smallest absolute Gasteiger partial charge is 0.303 e. The SMILES string of the molecule is O=C(O)CCC/C=C\C[C@@H]1[C@@H](CCC2(CCc3ccccc3)OCCO2)[C@@H](OC2CCCCO2)C[C@@H]1OC1CCCCO1. The summed E-state index contributed by atoms with van der Waals surface area (Å²) in [6.07, 6.45) is 17.1. The second-order valence-electron chi connectivity index (χ2n) is 12.6. The maximum atomic E-state index is 11.0. The number of carboxylic acid groups (broad SMARTS) is 1. The number of unbranched alkanes of at least 4 members (excludes halogenated alkanes) is 1. The predicted octanol–water partition coefficient (Wildman–Crippen LogP) is 6.80. The van der Waals surface area contributed by atoms with Crippen LogP contribution in [0, 0.1) is 11.8 Å². The van der Waals surface area contributed by atoms with Crippen molar-refractivity contribution >= 4 is 5.97 Å². The van der Waals surface area contributed by atoms with Crippen LogP contribution < -0.4 is 0 Å². The third kappa shape index (κ3) is 10.1. The van der Waals surface area contributed by atoms with Crippen LogP contribution in [0.1, 0.15) is 95.5 Å². The average Bonchev–Trinajstić information content (AvgIpc) is 3.63. The lowest BCUT2D eigenvalue weighted by atomic mass is 9.84. The van der Waals surface area contributed by atoms with Crippen LogP contribution in [0.2, 0.25) is 0 Å². The summed E-state index contributed by atoms with van der Waals surface area (Å²) in [5.41, 5.74) is 1.30. The Kier molecular flexibility index (Phi) is 12.9. The monoisotopic (exact) mass is 600 g/mol. The zero-order valence-corrected chi connectivity index (χ0v) is 25.7. The first-order valence-corrected chi connectivity index (χ1v) is 16.8. The van der Waals surface area contributed by atoms with E-state index in [1.165, 1.54) is 5.56 Å². The number of benzene rings is 1. The van der Waals surface area contributed by atoms with Crippen LogP contribution in [-0.4, -0.2) is 68.1 Å². The zero-order valence-electron chi connectivity index (χ0n) is 25.7. The van der Waals surface area contributed by atoms with E-state index in [4.69, 9.17) is 33.5 Å². The number of rotatable bonds is 16. The van der Waals surface area contributed by atoms with Gasteiger partial charge in [0.2, 0.25) is 0 Å². The molecule has 3 saturated heterocycles. The van der Waals surface area contributed by atoms with Crippen LogP contribution in [0.3, 0.4) is 0 Å². The molecule has 6 atom stereocenters. The van der Waals surface area contributed by atoms with Crippen LogP contribution in [0.25, 0.3) is 0 Å². The minimum atomic E-state index is -0.743. The summed E-state index contributed by atoms with van der Waals surface area (Å²) in [7, 11) is 0. The van der Waals surface area contributed by atoms with E-state index in [0.717, 1.165) is 96.7 Å². The second-order valence-corrected chi connectivity index (χ2v) is 12.6. The lowest BCUT2D eigenvalue weighted by Crippen LogP contribution is -2.35. The van der Waals surface area contributed by atoms with E-state index < -0.39 is 11.8 Å². The molecule has 4 aliphatic rings. The van der Waals surface area contributed by atoms with Crippen molar-refractivity contribution in [2.45, 2.75) is 127 Å². The molecule has 2 unspecified atom stereocenters. The predicted molar refractivity (Wildman–Crippen MR) is 162 cm³/mol. The maximum absolute atomic E-state index is 11.0. The summed E-state index contributed by atoms with van der Waals surface area (Å²) in [6.45, 7) is 2.76. The zero-order chi connectivity index (χ0) is 29.7. The number of ether oxygens (including phenoxy) is 6. The van der Waals surface area contributed by atoms with Crippen molar-refractivity contribution in [2.75, 3.05) is 26.4 Å². The van der Waals surface area contributed by atoms with Gasteiger partial charge in [-0.15, -0.1) is 0 Å². The van der Waals surface area contributed by atoms with Gasteiger partial charge in [-0.1, -0.05) is 42.5 Å². The summed E-state index contributed by atoms with van der Waals surface area (Å²) in [5, 5.41) is 9.01. The molecule has 3 heterocycles. The quantitative estimate of drug-likeness (QED) is 0.164. The number of aryl methyl sites for hydroxylation is 1. The van der Waals surface area contributed by atoms with E-state index >= 15 is 0 Å². The van der Waals surface area contributed by atoms with E-state index in [0.29, 0.717) is 19.6 Å². The lowest BCUT2D eigenvalue weighted by molar-refractivity contribution is -0.205. The van der Waals surface area contributed by atoms with Gasteiger partial charge in [-0.2, -0.15) is 0 Å². The summed E-state index contributed by atoms with van der Waals surface area (Å²) >= 11 is 0. The Morgan fingerprint density at radius 2 is 1.53 bits per heavy atom. The Morgan fingerprint density at radius 3 is 2.16 bits per heavy atom. The topological polar surface area (TPSA) is 92.7 Å². The Morgan fingerprint density at radius 1 is 0.860 bits per heavy atom. The Hall–Kier alpha value is -1.81. The molecule has 8 heteroatoms. The molecule has 1 aromatic carbocycles. The molecule has 0 radical (unpaired) electrons. The summed E-state index contributed by atoms with van der Waals surface area (Å²) in [4.78, 5) is 11.0.